The number of hydrogen-bond donors (Lipinski definition) is 2. The van der Waals surface area contributed by atoms with Crippen molar-refractivity contribution in [2.24, 2.45) is 5.92 Å². The van der Waals surface area contributed by atoms with Crippen LogP contribution in [0.4, 0.5) is 13.2 Å². The summed E-state index contributed by atoms with van der Waals surface area (Å²) in [4.78, 5) is 27.4. The quantitative estimate of drug-likeness (QED) is 0.740. The van der Waals surface area contributed by atoms with E-state index < -0.39 is 24.3 Å². The first-order chi connectivity index (χ1) is 12.5. The second-order valence-electron chi connectivity index (χ2n) is 6.02. The second kappa shape index (κ2) is 8.38. The Bertz CT molecular complexity index is 803. The number of ether oxygens (including phenoxy) is 1. The average Bonchev–Trinajstić information content (AvgIpc) is 2.99. The fraction of sp³-hybridized carbons (Fsp3) is 0.353. The minimum absolute atomic E-state index is 0.0950. The van der Waals surface area contributed by atoms with Crippen LogP contribution in [0.25, 0.3) is 10.6 Å². The predicted octanol–water partition coefficient (Wildman–Crippen LogP) is 3.48. The summed E-state index contributed by atoms with van der Waals surface area (Å²) in [6, 6.07) is 4.23. The molecule has 1 heterocycles. The third-order valence-electron chi connectivity index (χ3n) is 3.48. The Morgan fingerprint density at radius 1 is 1.26 bits per heavy atom. The molecule has 1 aromatic carbocycles. The molecule has 2 aromatic rings. The number of benzene rings is 1. The lowest BCUT2D eigenvalue weighted by Gasteiger charge is -2.17. The first kappa shape index (κ1) is 20.7. The van der Waals surface area contributed by atoms with E-state index >= 15 is 0 Å². The van der Waals surface area contributed by atoms with Gasteiger partial charge in [0.05, 0.1) is 12.1 Å². The molecule has 0 saturated carbocycles. The van der Waals surface area contributed by atoms with Crippen LogP contribution in [-0.4, -0.2) is 34.4 Å². The van der Waals surface area contributed by atoms with Crippen LogP contribution < -0.4 is 10.1 Å². The number of amides is 1. The number of carbonyl (C=O) groups excluding carboxylic acids is 1. The number of thiazole rings is 1. The van der Waals surface area contributed by atoms with Crippen LogP contribution >= 0.6 is 11.3 Å². The molecule has 1 amide bonds. The molecule has 1 aromatic heterocycles. The Kier molecular flexibility index (Phi) is 6.42. The maximum Gasteiger partial charge on any atom is 0.573 e. The van der Waals surface area contributed by atoms with Crippen molar-refractivity contribution < 1.29 is 32.6 Å². The fourth-order valence-corrected chi connectivity index (χ4v) is 3.05. The highest BCUT2D eigenvalue weighted by Gasteiger charge is 2.31. The van der Waals surface area contributed by atoms with Crippen LogP contribution in [0.5, 0.6) is 5.75 Å². The van der Waals surface area contributed by atoms with Gasteiger partial charge in [-0.25, -0.2) is 9.78 Å². The number of aromatic nitrogens is 1. The zero-order valence-electron chi connectivity index (χ0n) is 14.4. The van der Waals surface area contributed by atoms with Crippen molar-refractivity contribution in [3.63, 3.8) is 0 Å². The summed E-state index contributed by atoms with van der Waals surface area (Å²) in [5.41, 5.74) is 1.02. The molecular weight excluding hydrogens is 385 g/mol. The number of carboxylic acid groups (broad SMARTS) is 1. The van der Waals surface area contributed by atoms with Gasteiger partial charge in [0.25, 0.3) is 0 Å². The molecule has 2 N–H and O–H groups in total. The molecule has 146 valence electrons. The molecule has 0 bridgehead atoms. The largest absolute Gasteiger partial charge is 0.573 e. The normalized spacial score (nSPS) is 12.7. The number of rotatable bonds is 7. The van der Waals surface area contributed by atoms with Gasteiger partial charge < -0.3 is 15.2 Å². The Morgan fingerprint density at radius 2 is 1.89 bits per heavy atom. The lowest BCUT2D eigenvalue weighted by atomic mass is 10.0. The summed E-state index contributed by atoms with van der Waals surface area (Å²) in [5, 5.41) is 13.7. The zero-order valence-corrected chi connectivity index (χ0v) is 15.2. The van der Waals surface area contributed by atoms with E-state index in [4.69, 9.17) is 5.11 Å². The molecule has 0 aliphatic heterocycles. The smallest absolute Gasteiger partial charge is 0.480 e. The van der Waals surface area contributed by atoms with Gasteiger partial charge in [0, 0.05) is 10.9 Å². The lowest BCUT2D eigenvalue weighted by molar-refractivity contribution is -0.274. The SMILES string of the molecule is CC(C)[C@@H](NC(=O)Cc1csc(-c2ccc(OC(F)(F)F)cc2)n1)C(=O)O. The maximum atomic E-state index is 12.2. The van der Waals surface area contributed by atoms with Gasteiger partial charge in [-0.3, -0.25) is 4.79 Å². The summed E-state index contributed by atoms with van der Waals surface area (Å²) in [6.45, 7) is 3.37. The minimum Gasteiger partial charge on any atom is -0.480 e. The average molecular weight is 402 g/mol. The number of nitrogens with zero attached hydrogens (tertiary/aromatic N) is 1. The van der Waals surface area contributed by atoms with Crippen LogP contribution in [-0.2, 0) is 16.0 Å². The Labute approximate surface area is 157 Å². The first-order valence-corrected chi connectivity index (χ1v) is 8.76. The number of halogens is 3. The number of alkyl halides is 3. The van der Waals surface area contributed by atoms with Gasteiger partial charge in [0.15, 0.2) is 0 Å². The molecule has 0 radical (unpaired) electrons. The van der Waals surface area contributed by atoms with Crippen molar-refractivity contribution in [3.05, 3.63) is 35.3 Å². The molecule has 0 aliphatic rings. The van der Waals surface area contributed by atoms with Crippen LogP contribution in [0, 0.1) is 5.92 Å². The van der Waals surface area contributed by atoms with Gasteiger partial charge in [-0.05, 0) is 30.2 Å². The van der Waals surface area contributed by atoms with E-state index in [1.165, 1.54) is 35.6 Å². The molecule has 0 saturated heterocycles. The van der Waals surface area contributed by atoms with Gasteiger partial charge in [0.2, 0.25) is 5.91 Å². The third kappa shape index (κ3) is 6.24. The van der Waals surface area contributed by atoms with E-state index in [1.807, 2.05) is 0 Å². The van der Waals surface area contributed by atoms with E-state index in [0.717, 1.165) is 0 Å². The van der Waals surface area contributed by atoms with E-state index in [2.05, 4.69) is 15.0 Å². The second-order valence-corrected chi connectivity index (χ2v) is 6.88. The molecule has 6 nitrogen and oxygen atoms in total. The summed E-state index contributed by atoms with van der Waals surface area (Å²) in [6.07, 6.45) is -4.85. The van der Waals surface area contributed by atoms with Crippen molar-refractivity contribution in [1.29, 1.82) is 0 Å². The minimum atomic E-state index is -4.76. The van der Waals surface area contributed by atoms with E-state index in [0.29, 0.717) is 16.3 Å². The standard InChI is InChI=1S/C17H17F3N2O4S/c1-9(2)14(16(24)25)22-13(23)7-11-8-27-15(21-11)10-3-5-12(6-4-10)26-17(18,19)20/h3-6,8-9,14H,7H2,1-2H3,(H,22,23)(H,24,25)/t14-/m1/s1. The number of carboxylic acids is 1. The fourth-order valence-electron chi connectivity index (χ4n) is 2.22. The zero-order chi connectivity index (χ0) is 20.2. The van der Waals surface area contributed by atoms with Gasteiger partial charge in [0.1, 0.15) is 16.8 Å². The Balaban J connectivity index is 2.02. The van der Waals surface area contributed by atoms with Crippen molar-refractivity contribution in [1.82, 2.24) is 10.3 Å². The van der Waals surface area contributed by atoms with Crippen molar-refractivity contribution in [2.75, 3.05) is 0 Å². The molecular formula is C17H17F3N2O4S. The molecule has 10 heteroatoms. The predicted molar refractivity (Wildman–Crippen MR) is 92.3 cm³/mol. The summed E-state index contributed by atoms with van der Waals surface area (Å²) < 4.78 is 40.3. The van der Waals surface area contributed by atoms with Crippen LogP contribution in [0.3, 0.4) is 0 Å². The molecule has 0 unspecified atom stereocenters. The molecule has 0 aliphatic carbocycles. The highest BCUT2D eigenvalue weighted by molar-refractivity contribution is 7.13. The summed E-state index contributed by atoms with van der Waals surface area (Å²) in [7, 11) is 0. The highest BCUT2D eigenvalue weighted by atomic mass is 32.1. The lowest BCUT2D eigenvalue weighted by Crippen LogP contribution is -2.44. The number of aliphatic carboxylic acids is 1. The third-order valence-corrected chi connectivity index (χ3v) is 4.42. The number of hydrogen-bond acceptors (Lipinski definition) is 5. The van der Waals surface area contributed by atoms with Gasteiger partial charge in [-0.1, -0.05) is 13.8 Å². The van der Waals surface area contributed by atoms with Crippen molar-refractivity contribution in [3.8, 4) is 16.3 Å². The monoisotopic (exact) mass is 402 g/mol. The number of carbonyl (C=O) groups is 2. The highest BCUT2D eigenvalue weighted by Crippen LogP contribution is 2.28. The molecule has 0 fully saturated rings. The first-order valence-electron chi connectivity index (χ1n) is 7.88. The van der Waals surface area contributed by atoms with E-state index in [9.17, 15) is 22.8 Å². The molecule has 2 rings (SSSR count). The topological polar surface area (TPSA) is 88.5 Å². The van der Waals surface area contributed by atoms with Crippen molar-refractivity contribution in [2.45, 2.75) is 32.7 Å². The van der Waals surface area contributed by atoms with E-state index in [-0.39, 0.29) is 18.1 Å². The molecule has 1 atom stereocenters. The van der Waals surface area contributed by atoms with Gasteiger partial charge >= 0.3 is 12.3 Å². The molecule has 27 heavy (non-hydrogen) atoms. The Hall–Kier alpha value is -2.62. The summed E-state index contributed by atoms with van der Waals surface area (Å²) >= 11 is 1.22. The maximum absolute atomic E-state index is 12.2. The summed E-state index contributed by atoms with van der Waals surface area (Å²) in [5.74, 6) is -2.19. The van der Waals surface area contributed by atoms with Crippen LogP contribution in [0.2, 0.25) is 0 Å². The van der Waals surface area contributed by atoms with Crippen LogP contribution in [0.1, 0.15) is 19.5 Å². The Morgan fingerprint density at radius 3 is 2.41 bits per heavy atom. The van der Waals surface area contributed by atoms with Gasteiger partial charge in [-0.15, -0.1) is 24.5 Å². The van der Waals surface area contributed by atoms with E-state index in [1.54, 1.807) is 19.2 Å². The number of nitrogens with one attached hydrogen (secondary N) is 1. The van der Waals surface area contributed by atoms with Crippen LogP contribution in [0.15, 0.2) is 29.6 Å². The van der Waals surface area contributed by atoms with Crippen molar-refractivity contribution >= 4 is 23.2 Å². The van der Waals surface area contributed by atoms with Gasteiger partial charge in [-0.2, -0.15) is 0 Å². The molecule has 0 spiro atoms.